The van der Waals surface area contributed by atoms with Crippen LogP contribution in [-0.2, 0) is 12.4 Å². The van der Waals surface area contributed by atoms with Gasteiger partial charge >= 0.3 is 0 Å². The first-order chi connectivity index (χ1) is 9.10. The summed E-state index contributed by atoms with van der Waals surface area (Å²) in [4.78, 5) is 6.55. The molecule has 1 heterocycles. The number of rotatable bonds is 4. The van der Waals surface area contributed by atoms with Gasteiger partial charge in [-0.05, 0) is 36.2 Å². The van der Waals surface area contributed by atoms with Crippen LogP contribution in [-0.4, -0.2) is 12.0 Å². The van der Waals surface area contributed by atoms with Crippen molar-refractivity contribution in [3.05, 3.63) is 59.0 Å². The van der Waals surface area contributed by atoms with Gasteiger partial charge in [-0.1, -0.05) is 18.2 Å². The van der Waals surface area contributed by atoms with Crippen molar-refractivity contribution in [2.75, 3.05) is 11.9 Å². The molecule has 0 unspecified atom stereocenters. The molecule has 0 radical (unpaired) electrons. The highest BCUT2D eigenvalue weighted by molar-refractivity contribution is 6.17. The van der Waals surface area contributed by atoms with Gasteiger partial charge in [-0.2, -0.15) is 0 Å². The van der Waals surface area contributed by atoms with Crippen molar-refractivity contribution in [2.45, 2.75) is 19.3 Å². The van der Waals surface area contributed by atoms with E-state index in [-0.39, 0.29) is 5.82 Å². The molecule has 0 bridgehead atoms. The van der Waals surface area contributed by atoms with Gasteiger partial charge in [0.15, 0.2) is 0 Å². The SMILES string of the molecule is Cc1nc(N(C)Cc2ccc(F)cc2)ccc1CCl. The third-order valence-corrected chi connectivity index (χ3v) is 3.34. The molecule has 0 aliphatic carbocycles. The number of hydrogen-bond donors (Lipinski definition) is 0. The van der Waals surface area contributed by atoms with E-state index in [0.717, 1.165) is 22.6 Å². The Morgan fingerprint density at radius 3 is 2.42 bits per heavy atom. The van der Waals surface area contributed by atoms with Crippen LogP contribution in [0.2, 0.25) is 0 Å². The Hall–Kier alpha value is -1.61. The maximum Gasteiger partial charge on any atom is 0.128 e. The molecule has 1 aromatic heterocycles. The van der Waals surface area contributed by atoms with Gasteiger partial charge in [-0.15, -0.1) is 11.6 Å². The van der Waals surface area contributed by atoms with E-state index in [2.05, 4.69) is 4.98 Å². The summed E-state index contributed by atoms with van der Waals surface area (Å²) >= 11 is 5.82. The first-order valence-corrected chi connectivity index (χ1v) is 6.61. The van der Waals surface area contributed by atoms with Gasteiger partial charge in [0.1, 0.15) is 11.6 Å². The molecule has 2 nitrogen and oxygen atoms in total. The molecule has 2 rings (SSSR count). The van der Waals surface area contributed by atoms with Crippen molar-refractivity contribution in [2.24, 2.45) is 0 Å². The Morgan fingerprint density at radius 2 is 1.84 bits per heavy atom. The standard InChI is InChI=1S/C15H16ClFN2/c1-11-13(9-16)5-8-15(18-11)19(2)10-12-3-6-14(17)7-4-12/h3-8H,9-10H2,1-2H3. The summed E-state index contributed by atoms with van der Waals surface area (Å²) < 4.78 is 12.8. The summed E-state index contributed by atoms with van der Waals surface area (Å²) in [5.74, 6) is 1.14. The van der Waals surface area contributed by atoms with Gasteiger partial charge in [0, 0.05) is 25.2 Å². The lowest BCUT2D eigenvalue weighted by Gasteiger charge is -2.19. The Balaban J connectivity index is 2.13. The minimum absolute atomic E-state index is 0.216. The minimum atomic E-state index is -0.216. The van der Waals surface area contributed by atoms with E-state index in [1.165, 1.54) is 12.1 Å². The lowest BCUT2D eigenvalue weighted by atomic mass is 10.2. The number of pyridine rings is 1. The first kappa shape index (κ1) is 13.8. The predicted octanol–water partition coefficient (Wildman–Crippen LogP) is 3.90. The number of benzene rings is 1. The molecule has 0 atom stereocenters. The number of hydrogen-bond acceptors (Lipinski definition) is 2. The van der Waals surface area contributed by atoms with Gasteiger partial charge in [0.05, 0.1) is 0 Å². The number of halogens is 2. The van der Waals surface area contributed by atoms with E-state index in [4.69, 9.17) is 11.6 Å². The Bertz CT molecular complexity index is 555. The Labute approximate surface area is 117 Å². The van der Waals surface area contributed by atoms with E-state index in [0.29, 0.717) is 12.4 Å². The number of nitrogens with zero attached hydrogens (tertiary/aromatic N) is 2. The third-order valence-electron chi connectivity index (χ3n) is 3.05. The van der Waals surface area contributed by atoms with Crippen LogP contribution >= 0.6 is 11.6 Å². The van der Waals surface area contributed by atoms with E-state index in [9.17, 15) is 4.39 Å². The van der Waals surface area contributed by atoms with Crippen LogP contribution in [0.1, 0.15) is 16.8 Å². The Morgan fingerprint density at radius 1 is 1.16 bits per heavy atom. The van der Waals surface area contributed by atoms with Crippen LogP contribution in [0.3, 0.4) is 0 Å². The second-order valence-corrected chi connectivity index (χ2v) is 4.80. The average Bonchev–Trinajstić information content (AvgIpc) is 2.41. The summed E-state index contributed by atoms with van der Waals surface area (Å²) in [5.41, 5.74) is 3.03. The maximum atomic E-state index is 12.8. The van der Waals surface area contributed by atoms with Crippen molar-refractivity contribution < 1.29 is 4.39 Å². The number of anilines is 1. The van der Waals surface area contributed by atoms with Crippen LogP contribution in [0, 0.1) is 12.7 Å². The first-order valence-electron chi connectivity index (χ1n) is 6.08. The van der Waals surface area contributed by atoms with Gasteiger partial charge in [-0.3, -0.25) is 0 Å². The lowest BCUT2D eigenvalue weighted by molar-refractivity contribution is 0.627. The van der Waals surface area contributed by atoms with Crippen molar-refractivity contribution >= 4 is 17.4 Å². The monoisotopic (exact) mass is 278 g/mol. The van der Waals surface area contributed by atoms with Crippen LogP contribution in [0.5, 0.6) is 0 Å². The van der Waals surface area contributed by atoms with Crippen LogP contribution < -0.4 is 4.90 Å². The zero-order valence-corrected chi connectivity index (χ0v) is 11.8. The van der Waals surface area contributed by atoms with Crippen molar-refractivity contribution in [1.29, 1.82) is 0 Å². The molecule has 0 N–H and O–H groups in total. The van der Waals surface area contributed by atoms with E-state index in [1.54, 1.807) is 12.1 Å². The van der Waals surface area contributed by atoms with Gasteiger partial charge < -0.3 is 4.90 Å². The van der Waals surface area contributed by atoms with Crippen molar-refractivity contribution in [3.63, 3.8) is 0 Å². The summed E-state index contributed by atoms with van der Waals surface area (Å²) in [5, 5.41) is 0. The lowest BCUT2D eigenvalue weighted by Crippen LogP contribution is -2.18. The molecule has 0 aliphatic rings. The van der Waals surface area contributed by atoms with Crippen LogP contribution in [0.4, 0.5) is 10.2 Å². The molecule has 2 aromatic rings. The maximum absolute atomic E-state index is 12.8. The zero-order valence-electron chi connectivity index (χ0n) is 11.0. The molecule has 0 saturated heterocycles. The number of aryl methyl sites for hydroxylation is 1. The smallest absolute Gasteiger partial charge is 0.128 e. The van der Waals surface area contributed by atoms with Crippen LogP contribution in [0.15, 0.2) is 36.4 Å². The molecule has 1 aromatic carbocycles. The minimum Gasteiger partial charge on any atom is -0.355 e. The summed E-state index contributed by atoms with van der Waals surface area (Å²) in [7, 11) is 1.96. The zero-order chi connectivity index (χ0) is 13.8. The molecule has 4 heteroatoms. The highest BCUT2D eigenvalue weighted by atomic mass is 35.5. The molecule has 0 fully saturated rings. The molecular weight excluding hydrogens is 263 g/mol. The normalized spacial score (nSPS) is 10.5. The average molecular weight is 279 g/mol. The highest BCUT2D eigenvalue weighted by Gasteiger charge is 2.06. The molecule has 0 amide bonds. The molecule has 0 aliphatic heterocycles. The number of alkyl halides is 1. The molecule has 0 spiro atoms. The fourth-order valence-corrected chi connectivity index (χ4v) is 2.16. The van der Waals surface area contributed by atoms with E-state index in [1.807, 2.05) is 31.0 Å². The van der Waals surface area contributed by atoms with E-state index >= 15 is 0 Å². The van der Waals surface area contributed by atoms with E-state index < -0.39 is 0 Å². The molecular formula is C15H16ClFN2. The molecule has 100 valence electrons. The quantitative estimate of drug-likeness (QED) is 0.789. The molecule has 0 saturated carbocycles. The second-order valence-electron chi connectivity index (χ2n) is 4.53. The molecule has 19 heavy (non-hydrogen) atoms. The predicted molar refractivity (Wildman–Crippen MR) is 77.0 cm³/mol. The fraction of sp³-hybridized carbons (Fsp3) is 0.267. The summed E-state index contributed by atoms with van der Waals surface area (Å²) in [6.45, 7) is 2.64. The van der Waals surface area contributed by atoms with Crippen molar-refractivity contribution in [1.82, 2.24) is 4.98 Å². The van der Waals surface area contributed by atoms with Gasteiger partial charge in [0.25, 0.3) is 0 Å². The van der Waals surface area contributed by atoms with Gasteiger partial charge in [-0.25, -0.2) is 9.37 Å². The fourth-order valence-electron chi connectivity index (χ4n) is 1.88. The van der Waals surface area contributed by atoms with Crippen molar-refractivity contribution in [3.8, 4) is 0 Å². The van der Waals surface area contributed by atoms with Crippen LogP contribution in [0.25, 0.3) is 0 Å². The number of aromatic nitrogens is 1. The second kappa shape index (κ2) is 6.02. The highest BCUT2D eigenvalue weighted by Crippen LogP contribution is 2.17. The summed E-state index contributed by atoms with van der Waals surface area (Å²) in [6, 6.07) is 10.5. The largest absolute Gasteiger partial charge is 0.355 e. The summed E-state index contributed by atoms with van der Waals surface area (Å²) in [6.07, 6.45) is 0. The third kappa shape index (κ3) is 3.44. The topological polar surface area (TPSA) is 16.1 Å². The Kier molecular flexibility index (Phi) is 4.38. The van der Waals surface area contributed by atoms with Gasteiger partial charge in [0.2, 0.25) is 0 Å².